The summed E-state index contributed by atoms with van der Waals surface area (Å²) in [5.74, 6) is -0.0898. The number of benzene rings is 1. The zero-order valence-electron chi connectivity index (χ0n) is 13.4. The zero-order chi connectivity index (χ0) is 17.1. The van der Waals surface area contributed by atoms with Gasteiger partial charge in [0.05, 0.1) is 24.3 Å². The number of aromatic nitrogens is 1. The van der Waals surface area contributed by atoms with Crippen LogP contribution in [0.2, 0.25) is 0 Å². The van der Waals surface area contributed by atoms with Gasteiger partial charge in [-0.25, -0.2) is 14.2 Å². The molecule has 1 aromatic carbocycles. The number of β-amino-alcohol motifs (C(OH)–C–C–N with tert-alkyl or cyclic N) is 1. The van der Waals surface area contributed by atoms with Gasteiger partial charge in [0.25, 0.3) is 0 Å². The van der Waals surface area contributed by atoms with Gasteiger partial charge in [0.15, 0.2) is 0 Å². The van der Waals surface area contributed by atoms with E-state index in [1.807, 2.05) is 11.0 Å². The third-order valence-electron chi connectivity index (χ3n) is 4.07. The molecular formula is C18H19FN2O3. The summed E-state index contributed by atoms with van der Waals surface area (Å²) in [7, 11) is 0. The monoisotopic (exact) mass is 330 g/mol. The van der Waals surface area contributed by atoms with Crippen LogP contribution in [0.4, 0.5) is 10.2 Å². The molecule has 2 atom stereocenters. The fourth-order valence-electron chi connectivity index (χ4n) is 2.99. The molecule has 0 spiro atoms. The van der Waals surface area contributed by atoms with Crippen LogP contribution in [-0.4, -0.2) is 35.3 Å². The summed E-state index contributed by atoms with van der Waals surface area (Å²) in [5, 5.41) is 10.0. The van der Waals surface area contributed by atoms with E-state index in [1.54, 1.807) is 25.1 Å². The minimum absolute atomic E-state index is 0.156. The Hall–Kier alpha value is -2.47. The van der Waals surface area contributed by atoms with Crippen molar-refractivity contribution in [3.63, 3.8) is 0 Å². The third kappa shape index (κ3) is 3.38. The summed E-state index contributed by atoms with van der Waals surface area (Å²) >= 11 is 0. The average molecular weight is 330 g/mol. The molecule has 2 heterocycles. The maximum absolute atomic E-state index is 13.5. The Morgan fingerprint density at radius 3 is 2.92 bits per heavy atom. The van der Waals surface area contributed by atoms with Gasteiger partial charge >= 0.3 is 5.97 Å². The molecule has 1 N–H and O–H groups in total. The van der Waals surface area contributed by atoms with Gasteiger partial charge in [-0.05, 0) is 43.2 Å². The number of hydrogen-bond donors (Lipinski definition) is 1. The van der Waals surface area contributed by atoms with Gasteiger partial charge in [-0.1, -0.05) is 12.1 Å². The number of nitrogens with zero attached hydrogens (tertiary/aromatic N) is 2. The van der Waals surface area contributed by atoms with Crippen LogP contribution in [0.5, 0.6) is 0 Å². The maximum Gasteiger partial charge on any atom is 0.339 e. The van der Waals surface area contributed by atoms with Crippen molar-refractivity contribution >= 4 is 11.8 Å². The van der Waals surface area contributed by atoms with Crippen molar-refractivity contribution in [1.82, 2.24) is 4.98 Å². The molecular weight excluding hydrogens is 311 g/mol. The van der Waals surface area contributed by atoms with Crippen LogP contribution in [-0.2, 0) is 4.74 Å². The van der Waals surface area contributed by atoms with Crippen molar-refractivity contribution in [3.05, 3.63) is 59.5 Å². The molecule has 0 unspecified atom stereocenters. The second-order valence-corrected chi connectivity index (χ2v) is 5.74. The van der Waals surface area contributed by atoms with Crippen molar-refractivity contribution in [2.45, 2.75) is 25.5 Å². The molecule has 0 aliphatic carbocycles. The first kappa shape index (κ1) is 16.4. The minimum Gasteiger partial charge on any atom is -0.462 e. The number of carbonyl (C=O) groups excluding carboxylic acids is 1. The van der Waals surface area contributed by atoms with Gasteiger partial charge in [0.2, 0.25) is 0 Å². The van der Waals surface area contributed by atoms with E-state index in [9.17, 15) is 14.3 Å². The van der Waals surface area contributed by atoms with Crippen LogP contribution >= 0.6 is 0 Å². The lowest BCUT2D eigenvalue weighted by Crippen LogP contribution is -2.25. The van der Waals surface area contributed by atoms with Gasteiger partial charge in [0, 0.05) is 12.7 Å². The highest BCUT2D eigenvalue weighted by Gasteiger charge is 2.33. The van der Waals surface area contributed by atoms with Crippen LogP contribution in [0.15, 0.2) is 42.6 Å². The molecule has 2 aromatic rings. The van der Waals surface area contributed by atoms with E-state index in [4.69, 9.17) is 4.74 Å². The number of aliphatic hydroxyl groups is 1. The van der Waals surface area contributed by atoms with Crippen LogP contribution < -0.4 is 4.90 Å². The fourth-order valence-corrected chi connectivity index (χ4v) is 2.99. The fraction of sp³-hybridized carbons (Fsp3) is 0.333. The lowest BCUT2D eigenvalue weighted by atomic mass is 10.0. The number of esters is 1. The first-order valence-corrected chi connectivity index (χ1v) is 7.92. The molecule has 24 heavy (non-hydrogen) atoms. The van der Waals surface area contributed by atoms with Gasteiger partial charge in [-0.2, -0.15) is 0 Å². The van der Waals surface area contributed by atoms with E-state index in [2.05, 4.69) is 4.98 Å². The van der Waals surface area contributed by atoms with Crippen molar-refractivity contribution in [3.8, 4) is 0 Å². The van der Waals surface area contributed by atoms with Gasteiger partial charge in [0.1, 0.15) is 11.6 Å². The average Bonchev–Trinajstić information content (AvgIpc) is 2.97. The quantitative estimate of drug-likeness (QED) is 0.874. The number of ether oxygens (including phenoxy) is 1. The summed E-state index contributed by atoms with van der Waals surface area (Å²) in [6.45, 7) is 2.46. The molecule has 0 bridgehead atoms. The molecule has 0 saturated carbocycles. The molecule has 1 saturated heterocycles. The highest BCUT2D eigenvalue weighted by molar-refractivity contribution is 5.89. The topological polar surface area (TPSA) is 62.7 Å². The van der Waals surface area contributed by atoms with Crippen molar-refractivity contribution < 1.29 is 19.0 Å². The zero-order valence-corrected chi connectivity index (χ0v) is 13.4. The van der Waals surface area contributed by atoms with Crippen LogP contribution in [0.3, 0.4) is 0 Å². The smallest absolute Gasteiger partial charge is 0.339 e. The normalized spacial score (nSPS) is 20.2. The summed E-state index contributed by atoms with van der Waals surface area (Å²) in [5.41, 5.74) is 1.17. The number of hydrogen-bond acceptors (Lipinski definition) is 5. The lowest BCUT2D eigenvalue weighted by molar-refractivity contribution is 0.0526. The Balaban J connectivity index is 1.85. The number of rotatable bonds is 4. The van der Waals surface area contributed by atoms with E-state index in [-0.39, 0.29) is 11.9 Å². The van der Waals surface area contributed by atoms with Gasteiger partial charge in [-0.15, -0.1) is 0 Å². The SMILES string of the molecule is CCOC(=O)c1ccc(N2C[C@H](O)C[C@H]2c2cccc(F)c2)nc1. The summed E-state index contributed by atoms with van der Waals surface area (Å²) in [6, 6.07) is 9.58. The molecule has 1 aliphatic rings. The Morgan fingerprint density at radius 2 is 2.25 bits per heavy atom. The Bertz CT molecular complexity index is 720. The maximum atomic E-state index is 13.5. The molecule has 1 aliphatic heterocycles. The Kier molecular flexibility index (Phi) is 4.76. The molecule has 0 amide bonds. The number of aliphatic hydroxyl groups excluding tert-OH is 1. The summed E-state index contributed by atoms with van der Waals surface area (Å²) in [6.07, 6.45) is 1.45. The second kappa shape index (κ2) is 6.97. The standard InChI is InChI=1S/C18H19FN2O3/c1-2-24-18(23)13-6-7-17(20-10-13)21-11-15(22)9-16(21)12-4-3-5-14(19)8-12/h3-8,10,15-16,22H,2,9,11H2,1H3/t15-,16+/m1/s1. The van der Waals surface area contributed by atoms with Crippen LogP contribution in [0.1, 0.15) is 35.3 Å². The van der Waals surface area contributed by atoms with Crippen molar-refractivity contribution in [1.29, 1.82) is 0 Å². The highest BCUT2D eigenvalue weighted by atomic mass is 19.1. The van der Waals surface area contributed by atoms with E-state index in [0.29, 0.717) is 31.0 Å². The molecule has 5 nitrogen and oxygen atoms in total. The van der Waals surface area contributed by atoms with Crippen molar-refractivity contribution in [2.24, 2.45) is 0 Å². The highest BCUT2D eigenvalue weighted by Crippen LogP contribution is 2.35. The van der Waals surface area contributed by atoms with Crippen molar-refractivity contribution in [2.75, 3.05) is 18.1 Å². The van der Waals surface area contributed by atoms with E-state index < -0.39 is 12.1 Å². The molecule has 1 fully saturated rings. The molecule has 0 radical (unpaired) electrons. The number of carbonyl (C=O) groups is 1. The number of pyridine rings is 1. The van der Waals surface area contributed by atoms with E-state index in [0.717, 1.165) is 5.56 Å². The molecule has 126 valence electrons. The Labute approximate surface area is 139 Å². The predicted octanol–water partition coefficient (Wildman–Crippen LogP) is 2.71. The predicted molar refractivity (Wildman–Crippen MR) is 87.3 cm³/mol. The largest absolute Gasteiger partial charge is 0.462 e. The third-order valence-corrected chi connectivity index (χ3v) is 4.07. The summed E-state index contributed by atoms with van der Waals surface area (Å²) < 4.78 is 18.5. The molecule has 3 rings (SSSR count). The van der Waals surface area contributed by atoms with Crippen LogP contribution in [0, 0.1) is 5.82 Å². The Morgan fingerprint density at radius 1 is 1.42 bits per heavy atom. The lowest BCUT2D eigenvalue weighted by Gasteiger charge is -2.25. The van der Waals surface area contributed by atoms with E-state index in [1.165, 1.54) is 18.3 Å². The first-order valence-electron chi connectivity index (χ1n) is 7.92. The first-order chi connectivity index (χ1) is 11.6. The van der Waals surface area contributed by atoms with Crippen LogP contribution in [0.25, 0.3) is 0 Å². The minimum atomic E-state index is -0.509. The number of halogens is 1. The second-order valence-electron chi connectivity index (χ2n) is 5.74. The molecule has 6 heteroatoms. The number of anilines is 1. The van der Waals surface area contributed by atoms with Gasteiger partial charge < -0.3 is 14.7 Å². The van der Waals surface area contributed by atoms with Gasteiger partial charge in [-0.3, -0.25) is 0 Å². The molecule has 1 aromatic heterocycles. The van der Waals surface area contributed by atoms with E-state index >= 15 is 0 Å². The summed E-state index contributed by atoms with van der Waals surface area (Å²) in [4.78, 5) is 17.9.